The number of esters is 1. The monoisotopic (exact) mass is 385 g/mol. The molecule has 1 amide bonds. The fourth-order valence-corrected chi connectivity index (χ4v) is 2.86. The van der Waals surface area contributed by atoms with Gasteiger partial charge in [-0.05, 0) is 25.0 Å². The van der Waals surface area contributed by atoms with E-state index in [1.807, 2.05) is 0 Å². The lowest BCUT2D eigenvalue weighted by atomic mass is 10.2. The number of carbonyl (C=O) groups is 2. The van der Waals surface area contributed by atoms with Gasteiger partial charge < -0.3 is 19.4 Å². The Morgan fingerprint density at radius 2 is 2.11 bits per heavy atom. The van der Waals surface area contributed by atoms with Crippen molar-refractivity contribution in [2.24, 2.45) is 0 Å². The summed E-state index contributed by atoms with van der Waals surface area (Å²) in [4.78, 5) is 27.2. The zero-order valence-electron chi connectivity index (χ0n) is 14.3. The number of nitrogens with one attached hydrogen (secondary N) is 1. The summed E-state index contributed by atoms with van der Waals surface area (Å²) in [5, 5.41) is 2.56. The number of para-hydroxylation sites is 2. The first-order valence-corrected chi connectivity index (χ1v) is 8.41. The molecule has 2 heterocycles. The molecule has 1 atom stereocenters. The van der Waals surface area contributed by atoms with Crippen LogP contribution in [-0.2, 0) is 31.8 Å². The Bertz CT molecular complexity index is 828. The number of hydrogen-bond donors (Lipinski definition) is 1. The van der Waals surface area contributed by atoms with Crippen LogP contribution in [0.4, 0.5) is 13.2 Å². The Morgan fingerprint density at radius 1 is 1.33 bits per heavy atom. The van der Waals surface area contributed by atoms with Crippen molar-refractivity contribution in [1.82, 2.24) is 14.9 Å². The molecule has 2 aromatic rings. The highest BCUT2D eigenvalue weighted by Gasteiger charge is 2.38. The summed E-state index contributed by atoms with van der Waals surface area (Å²) in [7, 11) is 0. The first kappa shape index (κ1) is 19.2. The molecule has 1 aromatic carbocycles. The van der Waals surface area contributed by atoms with Crippen LogP contribution in [0.3, 0.4) is 0 Å². The fraction of sp³-hybridized carbons (Fsp3) is 0.471. The molecule has 146 valence electrons. The predicted molar refractivity (Wildman–Crippen MR) is 87.7 cm³/mol. The molecule has 1 saturated heterocycles. The third-order valence-electron chi connectivity index (χ3n) is 4.11. The van der Waals surface area contributed by atoms with Crippen LogP contribution in [0.25, 0.3) is 11.0 Å². The number of nitrogens with zero attached hydrogens (tertiary/aromatic N) is 2. The smallest absolute Gasteiger partial charge is 0.449 e. The average molecular weight is 385 g/mol. The average Bonchev–Trinajstić information content (AvgIpc) is 3.26. The molecule has 0 aliphatic carbocycles. The molecule has 10 heteroatoms. The van der Waals surface area contributed by atoms with Gasteiger partial charge in [0.1, 0.15) is 6.54 Å². The van der Waals surface area contributed by atoms with Gasteiger partial charge in [-0.1, -0.05) is 12.1 Å². The number of rotatable bonds is 6. The first-order valence-electron chi connectivity index (χ1n) is 8.41. The molecule has 1 aliphatic rings. The molecule has 1 fully saturated rings. The molecule has 0 spiro atoms. The van der Waals surface area contributed by atoms with Gasteiger partial charge in [-0.2, -0.15) is 13.2 Å². The van der Waals surface area contributed by atoms with Crippen molar-refractivity contribution >= 4 is 22.9 Å². The standard InChI is InChI=1S/C17H18F3N3O4/c18-17(19,20)16-22-12-5-1-2-6-13(12)23(16)9-15(25)27-10-14(24)21-8-11-4-3-7-26-11/h1-2,5-6,11H,3-4,7-10H2,(H,21,24). The van der Waals surface area contributed by atoms with Gasteiger partial charge in [-0.25, -0.2) is 4.98 Å². The SMILES string of the molecule is O=C(COC(=O)Cn1c(C(F)(F)F)nc2ccccc21)NCC1CCCO1. The number of imidazole rings is 1. The molecule has 27 heavy (non-hydrogen) atoms. The summed E-state index contributed by atoms with van der Waals surface area (Å²) in [6.45, 7) is -0.315. The molecular formula is C17H18F3N3O4. The normalized spacial score (nSPS) is 17.2. The van der Waals surface area contributed by atoms with E-state index in [1.165, 1.54) is 12.1 Å². The largest absolute Gasteiger partial charge is 0.454 e. The maximum absolute atomic E-state index is 13.2. The van der Waals surface area contributed by atoms with Gasteiger partial charge in [-0.15, -0.1) is 0 Å². The van der Waals surface area contributed by atoms with Crippen molar-refractivity contribution in [2.75, 3.05) is 19.8 Å². The van der Waals surface area contributed by atoms with Crippen LogP contribution < -0.4 is 5.32 Å². The zero-order chi connectivity index (χ0) is 19.4. The summed E-state index contributed by atoms with van der Waals surface area (Å²) < 4.78 is 50.4. The van der Waals surface area contributed by atoms with Crippen LogP contribution in [0, 0.1) is 0 Å². The van der Waals surface area contributed by atoms with Crippen LogP contribution in [0.2, 0.25) is 0 Å². The van der Waals surface area contributed by atoms with Crippen molar-refractivity contribution < 1.29 is 32.2 Å². The Balaban J connectivity index is 1.59. The highest BCUT2D eigenvalue weighted by atomic mass is 19.4. The molecule has 1 aromatic heterocycles. The summed E-state index contributed by atoms with van der Waals surface area (Å²) >= 11 is 0. The minimum Gasteiger partial charge on any atom is -0.454 e. The highest BCUT2D eigenvalue weighted by molar-refractivity contribution is 5.82. The van der Waals surface area contributed by atoms with E-state index >= 15 is 0 Å². The van der Waals surface area contributed by atoms with E-state index in [0.29, 0.717) is 13.2 Å². The van der Waals surface area contributed by atoms with E-state index in [4.69, 9.17) is 9.47 Å². The van der Waals surface area contributed by atoms with Crippen LogP contribution in [0.5, 0.6) is 0 Å². The number of hydrogen-bond acceptors (Lipinski definition) is 5. The van der Waals surface area contributed by atoms with E-state index in [-0.39, 0.29) is 17.1 Å². The molecule has 0 saturated carbocycles. The Labute approximate surface area is 152 Å². The van der Waals surface area contributed by atoms with Crippen LogP contribution in [0.15, 0.2) is 24.3 Å². The van der Waals surface area contributed by atoms with Gasteiger partial charge >= 0.3 is 12.1 Å². The zero-order valence-corrected chi connectivity index (χ0v) is 14.3. The predicted octanol–water partition coefficient (Wildman–Crippen LogP) is 1.89. The molecule has 0 bridgehead atoms. The van der Waals surface area contributed by atoms with Gasteiger partial charge in [0.05, 0.1) is 17.1 Å². The first-order chi connectivity index (χ1) is 12.8. The van der Waals surface area contributed by atoms with Gasteiger partial charge in [0.2, 0.25) is 5.82 Å². The third-order valence-corrected chi connectivity index (χ3v) is 4.11. The van der Waals surface area contributed by atoms with Gasteiger partial charge in [0.25, 0.3) is 5.91 Å². The maximum atomic E-state index is 13.2. The van der Waals surface area contributed by atoms with E-state index in [0.717, 1.165) is 17.4 Å². The molecule has 7 nitrogen and oxygen atoms in total. The van der Waals surface area contributed by atoms with Gasteiger partial charge in [-0.3, -0.25) is 9.59 Å². The van der Waals surface area contributed by atoms with Crippen molar-refractivity contribution in [3.05, 3.63) is 30.1 Å². The van der Waals surface area contributed by atoms with Crippen molar-refractivity contribution in [3.63, 3.8) is 0 Å². The van der Waals surface area contributed by atoms with E-state index in [1.54, 1.807) is 12.1 Å². The van der Waals surface area contributed by atoms with Crippen molar-refractivity contribution in [3.8, 4) is 0 Å². The quantitative estimate of drug-likeness (QED) is 0.768. The van der Waals surface area contributed by atoms with Crippen LogP contribution >= 0.6 is 0 Å². The number of carbonyl (C=O) groups excluding carboxylic acids is 2. The Morgan fingerprint density at radius 3 is 2.81 bits per heavy atom. The molecule has 1 N–H and O–H groups in total. The fourth-order valence-electron chi connectivity index (χ4n) is 2.86. The Hall–Kier alpha value is -2.62. The third kappa shape index (κ3) is 4.76. The van der Waals surface area contributed by atoms with Gasteiger partial charge in [0, 0.05) is 13.2 Å². The van der Waals surface area contributed by atoms with Gasteiger partial charge in [0.15, 0.2) is 6.61 Å². The number of aromatic nitrogens is 2. The topological polar surface area (TPSA) is 82.5 Å². The molecular weight excluding hydrogens is 367 g/mol. The lowest BCUT2D eigenvalue weighted by Crippen LogP contribution is -2.35. The lowest BCUT2D eigenvalue weighted by molar-refractivity contribution is -0.153. The van der Waals surface area contributed by atoms with E-state index in [9.17, 15) is 22.8 Å². The van der Waals surface area contributed by atoms with E-state index in [2.05, 4.69) is 10.3 Å². The molecule has 1 aliphatic heterocycles. The van der Waals surface area contributed by atoms with Crippen molar-refractivity contribution in [1.29, 1.82) is 0 Å². The summed E-state index contributed by atoms with van der Waals surface area (Å²) in [5.41, 5.74) is 0.275. The van der Waals surface area contributed by atoms with Crippen molar-refractivity contribution in [2.45, 2.75) is 31.7 Å². The number of amides is 1. The maximum Gasteiger partial charge on any atom is 0.449 e. The molecule has 1 unspecified atom stereocenters. The lowest BCUT2D eigenvalue weighted by Gasteiger charge is -2.12. The minimum absolute atomic E-state index is 0.0590. The number of ether oxygens (including phenoxy) is 2. The summed E-state index contributed by atoms with van der Waals surface area (Å²) in [5.74, 6) is -2.69. The second kappa shape index (κ2) is 7.95. The number of halogens is 3. The second-order valence-electron chi connectivity index (χ2n) is 6.11. The second-order valence-corrected chi connectivity index (χ2v) is 6.11. The van der Waals surface area contributed by atoms with Crippen LogP contribution in [0.1, 0.15) is 18.7 Å². The summed E-state index contributed by atoms with van der Waals surface area (Å²) in [6, 6.07) is 5.95. The van der Waals surface area contributed by atoms with E-state index < -0.39 is 37.0 Å². The van der Waals surface area contributed by atoms with Crippen LogP contribution in [-0.4, -0.2) is 47.3 Å². The minimum atomic E-state index is -4.72. The highest BCUT2D eigenvalue weighted by Crippen LogP contribution is 2.31. The molecule has 3 rings (SSSR count). The Kier molecular flexibility index (Phi) is 5.64. The summed E-state index contributed by atoms with van der Waals surface area (Å²) in [6.07, 6.45) is -3.02. The number of benzene rings is 1. The number of alkyl halides is 3. The number of fused-ring (bicyclic) bond motifs is 1. The molecule has 0 radical (unpaired) electrons.